The SMILES string of the molecule is C[N+](C)(C)C(=O)C[SiH]=O.[Br-]. The number of hydrogen-bond donors (Lipinski definition) is 0. The molecule has 10 heavy (non-hydrogen) atoms. The highest BCUT2D eigenvalue weighted by molar-refractivity contribution is 6.24. The maximum Gasteiger partial charge on any atom is 0.316 e. The third kappa shape index (κ3) is 4.96. The van der Waals surface area contributed by atoms with Crippen LogP contribution in [-0.4, -0.2) is 40.9 Å². The van der Waals surface area contributed by atoms with Crippen molar-refractivity contribution < 1.29 is 30.7 Å². The molecule has 0 aliphatic heterocycles. The second kappa shape index (κ2) is 4.87. The molecule has 0 aromatic carbocycles. The lowest BCUT2D eigenvalue weighted by Gasteiger charge is -2.18. The van der Waals surface area contributed by atoms with E-state index in [2.05, 4.69) is 0 Å². The first-order chi connectivity index (χ1) is 3.98. The molecule has 0 fully saturated rings. The number of halogens is 1. The standard InChI is InChI=1S/C5H12NO2Si.BrH/c1-6(2,3)5(7)4-9-8;/h9H,4H2,1-3H3;1H/q+1;/p-1. The maximum atomic E-state index is 10.9. The lowest BCUT2D eigenvalue weighted by Crippen LogP contribution is -3.00. The molecule has 0 aromatic heterocycles. The third-order valence-electron chi connectivity index (χ3n) is 1.01. The van der Waals surface area contributed by atoms with Gasteiger partial charge in [0, 0.05) is 0 Å². The van der Waals surface area contributed by atoms with Crippen molar-refractivity contribution in [2.45, 2.75) is 6.04 Å². The van der Waals surface area contributed by atoms with Crippen LogP contribution in [0.5, 0.6) is 0 Å². The molecular formula is C5H12BrNO2Si. The van der Waals surface area contributed by atoms with Crippen molar-refractivity contribution in [3.8, 4) is 0 Å². The Bertz CT molecular complexity index is 132. The summed E-state index contributed by atoms with van der Waals surface area (Å²) in [5.74, 6) is 0.0278. The van der Waals surface area contributed by atoms with Crippen molar-refractivity contribution >= 4 is 15.3 Å². The van der Waals surface area contributed by atoms with E-state index in [0.717, 1.165) is 0 Å². The summed E-state index contributed by atoms with van der Waals surface area (Å²) >= 11 is 0. The van der Waals surface area contributed by atoms with Crippen molar-refractivity contribution in [3.63, 3.8) is 0 Å². The van der Waals surface area contributed by atoms with E-state index in [1.807, 2.05) is 0 Å². The van der Waals surface area contributed by atoms with Crippen LogP contribution >= 0.6 is 0 Å². The lowest BCUT2D eigenvalue weighted by molar-refractivity contribution is -0.791. The van der Waals surface area contributed by atoms with Crippen molar-refractivity contribution in [2.24, 2.45) is 0 Å². The van der Waals surface area contributed by atoms with Gasteiger partial charge in [-0.15, -0.1) is 0 Å². The number of amides is 1. The van der Waals surface area contributed by atoms with E-state index in [9.17, 15) is 9.26 Å². The Morgan fingerprint density at radius 2 is 1.80 bits per heavy atom. The fourth-order valence-corrected chi connectivity index (χ4v) is 1.04. The highest BCUT2D eigenvalue weighted by Crippen LogP contribution is 1.93. The zero-order valence-electron chi connectivity index (χ0n) is 6.43. The molecule has 5 heteroatoms. The highest BCUT2D eigenvalue weighted by atomic mass is 79.9. The average Bonchev–Trinajstić information content (AvgIpc) is 1.64. The fourth-order valence-electron chi connectivity index (χ4n) is 0.345. The second-order valence-electron chi connectivity index (χ2n) is 2.78. The van der Waals surface area contributed by atoms with Crippen molar-refractivity contribution in [2.75, 3.05) is 21.1 Å². The Kier molecular flexibility index (Phi) is 6.22. The van der Waals surface area contributed by atoms with Gasteiger partial charge < -0.3 is 21.4 Å². The molecule has 0 atom stereocenters. The Balaban J connectivity index is 0. The zero-order valence-corrected chi connectivity index (χ0v) is 9.17. The monoisotopic (exact) mass is 225 g/mol. The van der Waals surface area contributed by atoms with E-state index in [0.29, 0.717) is 0 Å². The van der Waals surface area contributed by atoms with Crippen LogP contribution in [0.2, 0.25) is 6.04 Å². The van der Waals surface area contributed by atoms with Gasteiger partial charge in [-0.2, -0.15) is 0 Å². The molecule has 0 bridgehead atoms. The van der Waals surface area contributed by atoms with Gasteiger partial charge in [0.15, 0.2) is 0 Å². The van der Waals surface area contributed by atoms with Gasteiger partial charge >= 0.3 is 5.91 Å². The number of quaternary nitrogens is 1. The normalized spacial score (nSPS) is 9.90. The van der Waals surface area contributed by atoms with Gasteiger partial charge in [-0.25, -0.2) is 4.79 Å². The topological polar surface area (TPSA) is 34.1 Å². The summed E-state index contributed by atoms with van der Waals surface area (Å²) in [5.41, 5.74) is 0. The summed E-state index contributed by atoms with van der Waals surface area (Å²) in [4.78, 5) is 10.9. The van der Waals surface area contributed by atoms with Gasteiger partial charge in [0.1, 0.15) is 6.04 Å². The molecule has 0 aliphatic rings. The molecule has 0 saturated carbocycles. The van der Waals surface area contributed by atoms with E-state index >= 15 is 0 Å². The summed E-state index contributed by atoms with van der Waals surface area (Å²) in [6, 6.07) is 0.226. The van der Waals surface area contributed by atoms with E-state index < -0.39 is 9.41 Å². The van der Waals surface area contributed by atoms with Crippen LogP contribution in [0, 0.1) is 0 Å². The first-order valence-electron chi connectivity index (χ1n) is 2.77. The Hall–Kier alpha value is 0.127. The molecule has 0 aromatic rings. The molecule has 60 valence electrons. The summed E-state index contributed by atoms with van der Waals surface area (Å²) < 4.78 is 10.3. The van der Waals surface area contributed by atoms with E-state index in [1.165, 1.54) is 0 Å². The van der Waals surface area contributed by atoms with Gasteiger partial charge in [0.25, 0.3) is 9.41 Å². The van der Waals surface area contributed by atoms with E-state index in [1.54, 1.807) is 21.1 Å². The molecule has 0 rings (SSSR count). The summed E-state index contributed by atoms with van der Waals surface area (Å²) in [6.45, 7) is 0. The predicted octanol–water partition coefficient (Wildman–Crippen LogP) is -3.58. The van der Waals surface area contributed by atoms with Crippen molar-refractivity contribution in [3.05, 3.63) is 0 Å². The second-order valence-corrected chi connectivity index (χ2v) is 3.52. The number of rotatable bonds is 2. The van der Waals surface area contributed by atoms with Gasteiger partial charge in [-0.3, -0.25) is 4.48 Å². The van der Waals surface area contributed by atoms with Crippen LogP contribution in [0.1, 0.15) is 0 Å². The van der Waals surface area contributed by atoms with Crippen LogP contribution in [0.3, 0.4) is 0 Å². The summed E-state index contributed by atoms with van der Waals surface area (Å²) in [5, 5.41) is 0. The van der Waals surface area contributed by atoms with Crippen LogP contribution in [0.15, 0.2) is 0 Å². The van der Waals surface area contributed by atoms with Gasteiger partial charge in [0.2, 0.25) is 0 Å². The summed E-state index contributed by atoms with van der Waals surface area (Å²) in [6.07, 6.45) is 0. The number of nitrogens with zero attached hydrogens (tertiary/aromatic N) is 1. The average molecular weight is 226 g/mol. The van der Waals surface area contributed by atoms with Crippen LogP contribution < -0.4 is 17.0 Å². The van der Waals surface area contributed by atoms with Crippen molar-refractivity contribution in [1.82, 2.24) is 0 Å². The number of carbonyl (C=O) groups is 1. The third-order valence-corrected chi connectivity index (χ3v) is 1.52. The minimum Gasteiger partial charge on any atom is -1.00 e. The fraction of sp³-hybridized carbons (Fsp3) is 0.800. The van der Waals surface area contributed by atoms with Gasteiger partial charge in [-0.1, -0.05) is 0 Å². The molecule has 0 heterocycles. The maximum absolute atomic E-state index is 10.9. The predicted molar refractivity (Wildman–Crippen MR) is 35.7 cm³/mol. The zero-order chi connectivity index (χ0) is 7.49. The molecule has 0 aliphatic carbocycles. The van der Waals surface area contributed by atoms with Gasteiger partial charge in [0.05, 0.1) is 21.1 Å². The molecule has 1 amide bonds. The van der Waals surface area contributed by atoms with Crippen molar-refractivity contribution in [1.29, 1.82) is 0 Å². The lowest BCUT2D eigenvalue weighted by atomic mass is 10.5. The molecule has 3 nitrogen and oxygen atoms in total. The molecule has 0 saturated heterocycles. The molecule has 0 unspecified atom stereocenters. The van der Waals surface area contributed by atoms with E-state index in [4.69, 9.17) is 0 Å². The first-order valence-corrected chi connectivity index (χ1v) is 4.05. The molecular weight excluding hydrogens is 214 g/mol. The highest BCUT2D eigenvalue weighted by Gasteiger charge is 2.18. The molecule has 0 N–H and O–H groups in total. The minimum atomic E-state index is -0.916. The number of hydrogen-bond acceptors (Lipinski definition) is 2. The Morgan fingerprint density at radius 3 is 1.90 bits per heavy atom. The quantitative estimate of drug-likeness (QED) is 0.360. The molecule has 0 spiro atoms. The van der Waals surface area contributed by atoms with E-state index in [-0.39, 0.29) is 33.4 Å². The van der Waals surface area contributed by atoms with Gasteiger partial charge in [-0.05, 0) is 0 Å². The Labute approximate surface area is 73.6 Å². The van der Waals surface area contributed by atoms with Crippen LogP contribution in [0.4, 0.5) is 0 Å². The Morgan fingerprint density at radius 1 is 1.40 bits per heavy atom. The first kappa shape index (κ1) is 12.8. The molecule has 0 radical (unpaired) electrons. The van der Waals surface area contributed by atoms with Crippen LogP contribution in [-0.2, 0) is 9.26 Å². The smallest absolute Gasteiger partial charge is 0.316 e. The minimum absolute atomic E-state index is 0. The largest absolute Gasteiger partial charge is 1.00 e. The van der Waals surface area contributed by atoms with Crippen LogP contribution in [0.25, 0.3) is 0 Å². The summed E-state index contributed by atoms with van der Waals surface area (Å²) in [7, 11) is 4.41. The number of carbonyl (C=O) groups excluding carboxylic acids is 1.